The van der Waals surface area contributed by atoms with E-state index in [0.29, 0.717) is 0 Å². The molecule has 3 rings (SSSR count). The maximum atomic E-state index is 13.6. The molecule has 15 heteroatoms. The number of allylic oxidation sites excluding steroid dienone is 2. The standard InChI is InChI=1S/C27H25F10NO4/c1-24(42-26(33,34)23(28)29)10-4-6-18(13-24)14-38(15-22(39)25(30,31)32)19-7-3-8-20(12-19)40-16-17-5-2-9-21(11-17)41-27(35,36)37/h2-12,22-23,39H,13-16H2,1H3. The number of nitrogens with zero attached hydrogens (tertiary/aromatic N) is 1. The van der Waals surface area contributed by atoms with Crippen LogP contribution in [0.15, 0.2) is 72.3 Å². The SMILES string of the molecule is CC1(OC(F)(F)C(F)F)C=CC=C(CN(CC(O)C(F)(F)F)c2cccc(OCc3cccc(OC(F)(F)F)c3)c2)C1. The highest BCUT2D eigenvalue weighted by Gasteiger charge is 2.48. The maximum Gasteiger partial charge on any atom is 0.573 e. The molecule has 0 saturated carbocycles. The van der Waals surface area contributed by atoms with Crippen LogP contribution in [0.3, 0.4) is 0 Å². The van der Waals surface area contributed by atoms with Crippen LogP contribution >= 0.6 is 0 Å². The van der Waals surface area contributed by atoms with E-state index in [4.69, 9.17) is 4.74 Å². The third-order valence-corrected chi connectivity index (χ3v) is 5.87. The van der Waals surface area contributed by atoms with Crippen LogP contribution in [0.4, 0.5) is 49.6 Å². The Labute approximate surface area is 233 Å². The van der Waals surface area contributed by atoms with Crippen molar-refractivity contribution in [1.82, 2.24) is 0 Å². The summed E-state index contributed by atoms with van der Waals surface area (Å²) in [5, 5.41) is 9.76. The van der Waals surface area contributed by atoms with Gasteiger partial charge in [0.2, 0.25) is 0 Å². The molecule has 0 fully saturated rings. The summed E-state index contributed by atoms with van der Waals surface area (Å²) < 4.78 is 144. The lowest BCUT2D eigenvalue weighted by Crippen LogP contribution is -2.44. The molecule has 232 valence electrons. The van der Waals surface area contributed by atoms with Gasteiger partial charge in [0.25, 0.3) is 0 Å². The lowest BCUT2D eigenvalue weighted by atomic mass is 9.90. The first-order chi connectivity index (χ1) is 19.4. The molecule has 1 aliphatic rings. The molecule has 2 atom stereocenters. The largest absolute Gasteiger partial charge is 0.573 e. The summed E-state index contributed by atoms with van der Waals surface area (Å²) in [7, 11) is 0. The number of ether oxygens (including phenoxy) is 3. The average molecular weight is 617 g/mol. The molecule has 0 saturated heterocycles. The quantitative estimate of drug-likeness (QED) is 0.252. The van der Waals surface area contributed by atoms with E-state index in [9.17, 15) is 49.0 Å². The smallest absolute Gasteiger partial charge is 0.489 e. The summed E-state index contributed by atoms with van der Waals surface area (Å²) in [6.07, 6.45) is -18.2. The number of alkyl halides is 10. The van der Waals surface area contributed by atoms with Crippen LogP contribution < -0.4 is 14.4 Å². The lowest BCUT2D eigenvalue weighted by Gasteiger charge is -2.35. The van der Waals surface area contributed by atoms with Crippen LogP contribution in [0.2, 0.25) is 0 Å². The second-order valence-electron chi connectivity index (χ2n) is 9.56. The van der Waals surface area contributed by atoms with Crippen molar-refractivity contribution in [3.63, 3.8) is 0 Å². The summed E-state index contributed by atoms with van der Waals surface area (Å²) in [5.74, 6) is -0.384. The molecule has 1 aliphatic carbocycles. The van der Waals surface area contributed by atoms with Crippen molar-refractivity contribution >= 4 is 5.69 Å². The van der Waals surface area contributed by atoms with Gasteiger partial charge in [0, 0.05) is 24.7 Å². The minimum atomic E-state index is -5.01. The Hall–Kier alpha value is -3.46. The van der Waals surface area contributed by atoms with Gasteiger partial charge < -0.3 is 24.2 Å². The molecule has 5 nitrogen and oxygen atoms in total. The molecular formula is C27H25F10NO4. The molecule has 2 aromatic carbocycles. The van der Waals surface area contributed by atoms with E-state index in [2.05, 4.69) is 9.47 Å². The highest BCUT2D eigenvalue weighted by atomic mass is 19.4. The minimum absolute atomic E-state index is 0.0981. The Morgan fingerprint density at radius 2 is 1.62 bits per heavy atom. The first-order valence-electron chi connectivity index (χ1n) is 12.2. The Morgan fingerprint density at radius 1 is 0.952 bits per heavy atom. The summed E-state index contributed by atoms with van der Waals surface area (Å²) in [4.78, 5) is 1.08. The molecule has 0 aliphatic heterocycles. The van der Waals surface area contributed by atoms with E-state index in [1.807, 2.05) is 0 Å². The zero-order valence-corrected chi connectivity index (χ0v) is 21.7. The summed E-state index contributed by atoms with van der Waals surface area (Å²) in [6.45, 7) is -0.467. The second kappa shape index (κ2) is 12.8. The van der Waals surface area contributed by atoms with E-state index in [1.165, 1.54) is 48.6 Å². The predicted octanol–water partition coefficient (Wildman–Crippen LogP) is 7.41. The third-order valence-electron chi connectivity index (χ3n) is 5.87. The number of aliphatic hydroxyl groups is 1. The number of halogens is 10. The van der Waals surface area contributed by atoms with Gasteiger partial charge in [0.1, 0.15) is 18.1 Å². The summed E-state index contributed by atoms with van der Waals surface area (Å²) in [6, 6.07) is 10.5. The van der Waals surface area contributed by atoms with E-state index in [-0.39, 0.29) is 42.1 Å². The van der Waals surface area contributed by atoms with Crippen molar-refractivity contribution in [2.45, 2.75) is 56.7 Å². The predicted molar refractivity (Wildman–Crippen MR) is 130 cm³/mol. The molecule has 2 unspecified atom stereocenters. The van der Waals surface area contributed by atoms with Crippen molar-refractivity contribution in [2.24, 2.45) is 0 Å². The minimum Gasteiger partial charge on any atom is -0.489 e. The van der Waals surface area contributed by atoms with Crippen molar-refractivity contribution in [1.29, 1.82) is 0 Å². The molecule has 0 aromatic heterocycles. The van der Waals surface area contributed by atoms with Gasteiger partial charge in [-0.05, 0) is 42.3 Å². The number of hydrogen-bond donors (Lipinski definition) is 1. The van der Waals surface area contributed by atoms with Crippen LogP contribution in [0, 0.1) is 0 Å². The van der Waals surface area contributed by atoms with Gasteiger partial charge in [-0.15, -0.1) is 13.2 Å². The molecule has 42 heavy (non-hydrogen) atoms. The summed E-state index contributed by atoms with van der Waals surface area (Å²) in [5.41, 5.74) is -1.30. The van der Waals surface area contributed by atoms with Crippen molar-refractivity contribution in [3.05, 3.63) is 77.9 Å². The maximum absolute atomic E-state index is 13.6. The first kappa shape index (κ1) is 33.0. The third kappa shape index (κ3) is 9.82. The van der Waals surface area contributed by atoms with Crippen molar-refractivity contribution in [3.8, 4) is 11.5 Å². The van der Waals surface area contributed by atoms with Crippen LogP contribution in [-0.2, 0) is 11.3 Å². The molecule has 0 heterocycles. The molecular weight excluding hydrogens is 592 g/mol. The summed E-state index contributed by atoms with van der Waals surface area (Å²) >= 11 is 0. The fourth-order valence-corrected chi connectivity index (χ4v) is 4.08. The van der Waals surface area contributed by atoms with Gasteiger partial charge >= 0.3 is 25.1 Å². The van der Waals surface area contributed by atoms with Gasteiger partial charge in [0.05, 0.1) is 12.1 Å². The Kier molecular flexibility index (Phi) is 10.1. The number of rotatable bonds is 12. The van der Waals surface area contributed by atoms with Crippen molar-refractivity contribution < 1.29 is 63.2 Å². The van der Waals surface area contributed by atoms with Gasteiger partial charge in [-0.3, -0.25) is 0 Å². The Bertz CT molecular complexity index is 1260. The van der Waals surface area contributed by atoms with Crippen LogP contribution in [0.1, 0.15) is 18.9 Å². The molecule has 1 N–H and O–H groups in total. The first-order valence-corrected chi connectivity index (χ1v) is 12.2. The van der Waals surface area contributed by atoms with E-state index < -0.39 is 49.1 Å². The van der Waals surface area contributed by atoms with Gasteiger partial charge in [-0.1, -0.05) is 36.4 Å². The Balaban J connectivity index is 1.79. The molecule has 0 radical (unpaired) electrons. The average Bonchev–Trinajstić information content (AvgIpc) is 2.85. The number of anilines is 1. The second-order valence-corrected chi connectivity index (χ2v) is 9.56. The van der Waals surface area contributed by atoms with E-state index in [1.54, 1.807) is 0 Å². The fourth-order valence-electron chi connectivity index (χ4n) is 4.08. The molecule has 0 amide bonds. The monoisotopic (exact) mass is 617 g/mol. The normalized spacial score (nSPS) is 18.5. The van der Waals surface area contributed by atoms with Crippen LogP contribution in [-0.4, -0.2) is 55.0 Å². The topological polar surface area (TPSA) is 51.2 Å². The number of aliphatic hydroxyl groups excluding tert-OH is 1. The van der Waals surface area contributed by atoms with Crippen molar-refractivity contribution in [2.75, 3.05) is 18.0 Å². The molecule has 0 spiro atoms. The lowest BCUT2D eigenvalue weighted by molar-refractivity contribution is -0.331. The molecule has 0 bridgehead atoms. The Morgan fingerprint density at radius 3 is 2.26 bits per heavy atom. The highest BCUT2D eigenvalue weighted by molar-refractivity contribution is 5.52. The van der Waals surface area contributed by atoms with Gasteiger partial charge in [-0.2, -0.15) is 22.0 Å². The zero-order chi connectivity index (χ0) is 31.3. The molecule has 2 aromatic rings. The van der Waals surface area contributed by atoms with Crippen LogP contribution in [0.25, 0.3) is 0 Å². The number of hydrogen-bond acceptors (Lipinski definition) is 5. The number of benzene rings is 2. The van der Waals surface area contributed by atoms with Crippen LogP contribution in [0.5, 0.6) is 11.5 Å². The van der Waals surface area contributed by atoms with Gasteiger partial charge in [-0.25, -0.2) is 8.78 Å². The van der Waals surface area contributed by atoms with Gasteiger partial charge in [0.15, 0.2) is 6.10 Å². The zero-order valence-electron chi connectivity index (χ0n) is 21.7. The highest BCUT2D eigenvalue weighted by Crippen LogP contribution is 2.37. The van der Waals surface area contributed by atoms with E-state index >= 15 is 0 Å². The van der Waals surface area contributed by atoms with E-state index in [0.717, 1.165) is 30.0 Å². The fraction of sp³-hybridized carbons (Fsp3) is 0.407.